The number of carbonyl (C=O) groups excluding carboxylic acids is 3. The Kier molecular flexibility index (Phi) is 9.69. The molecule has 0 unspecified atom stereocenters. The molecule has 41 heavy (non-hydrogen) atoms. The molecule has 4 rings (SSSR count). The third-order valence-electron chi connectivity index (χ3n) is 5.88. The Balaban J connectivity index is 1.38. The first-order valence-corrected chi connectivity index (χ1v) is 13.6. The standard InChI is InChI=1S/C32H27N3O5S/c1-21-12-13-24(32(39)40)19-27(21)34-29(36)20-41-26-16-14-25(15-17-26)33-31(38)28(18-22-8-4-2-5-9-22)35-30(37)23-10-6-3-7-11-23/h2-19H,20H2,1H3,(H,33,38)(H,34,36)(H,35,37)(H,39,40)/b28-18-. The lowest BCUT2D eigenvalue weighted by molar-refractivity contribution is -0.114. The second-order valence-electron chi connectivity index (χ2n) is 8.94. The summed E-state index contributed by atoms with van der Waals surface area (Å²) in [7, 11) is 0. The number of thioether (sulfide) groups is 1. The number of amides is 3. The van der Waals surface area contributed by atoms with Crippen molar-refractivity contribution in [2.24, 2.45) is 0 Å². The zero-order valence-corrected chi connectivity index (χ0v) is 22.9. The molecule has 8 nitrogen and oxygen atoms in total. The lowest BCUT2D eigenvalue weighted by Gasteiger charge is -2.12. The fourth-order valence-corrected chi connectivity index (χ4v) is 4.41. The number of aryl methyl sites for hydroxylation is 1. The Bertz CT molecular complexity index is 1590. The molecule has 0 saturated carbocycles. The van der Waals surface area contributed by atoms with Crippen molar-refractivity contribution in [1.82, 2.24) is 5.32 Å². The van der Waals surface area contributed by atoms with Gasteiger partial charge in [0, 0.05) is 21.8 Å². The smallest absolute Gasteiger partial charge is 0.335 e. The average molecular weight is 566 g/mol. The van der Waals surface area contributed by atoms with Crippen LogP contribution in [-0.4, -0.2) is 34.6 Å². The molecule has 4 aromatic carbocycles. The van der Waals surface area contributed by atoms with Gasteiger partial charge in [-0.2, -0.15) is 0 Å². The minimum Gasteiger partial charge on any atom is -0.478 e. The number of rotatable bonds is 10. The Morgan fingerprint density at radius 2 is 1.44 bits per heavy atom. The number of benzene rings is 4. The molecule has 4 N–H and O–H groups in total. The van der Waals surface area contributed by atoms with E-state index in [2.05, 4.69) is 16.0 Å². The van der Waals surface area contributed by atoms with Crippen molar-refractivity contribution in [1.29, 1.82) is 0 Å². The summed E-state index contributed by atoms with van der Waals surface area (Å²) in [6.45, 7) is 1.79. The normalized spacial score (nSPS) is 10.9. The molecule has 4 aromatic rings. The SMILES string of the molecule is Cc1ccc(C(=O)O)cc1NC(=O)CSc1ccc(NC(=O)/C(=C/c2ccccc2)NC(=O)c2ccccc2)cc1. The molecular formula is C32H27N3O5S. The molecule has 0 radical (unpaired) electrons. The predicted molar refractivity (Wildman–Crippen MR) is 161 cm³/mol. The summed E-state index contributed by atoms with van der Waals surface area (Å²) in [5.41, 5.74) is 3.08. The van der Waals surface area contributed by atoms with E-state index in [0.717, 1.165) is 16.0 Å². The quantitative estimate of drug-likeness (QED) is 0.142. The predicted octanol–water partition coefficient (Wildman–Crippen LogP) is 5.83. The van der Waals surface area contributed by atoms with Gasteiger partial charge >= 0.3 is 5.97 Å². The van der Waals surface area contributed by atoms with E-state index in [1.807, 2.05) is 30.3 Å². The summed E-state index contributed by atoms with van der Waals surface area (Å²) in [5, 5.41) is 17.4. The van der Waals surface area contributed by atoms with Crippen LogP contribution in [0.1, 0.15) is 31.8 Å². The van der Waals surface area contributed by atoms with Gasteiger partial charge in [0.2, 0.25) is 5.91 Å². The van der Waals surface area contributed by atoms with Crippen LogP contribution in [0.4, 0.5) is 11.4 Å². The van der Waals surface area contributed by atoms with Crippen molar-refractivity contribution in [3.63, 3.8) is 0 Å². The molecule has 0 saturated heterocycles. The molecule has 3 amide bonds. The number of nitrogens with one attached hydrogen (secondary N) is 3. The topological polar surface area (TPSA) is 125 Å². The van der Waals surface area contributed by atoms with E-state index in [0.29, 0.717) is 16.9 Å². The number of carboxylic acid groups (broad SMARTS) is 1. The first-order valence-electron chi connectivity index (χ1n) is 12.6. The first kappa shape index (κ1) is 28.8. The number of carboxylic acids is 1. The number of hydrogen-bond acceptors (Lipinski definition) is 5. The zero-order valence-electron chi connectivity index (χ0n) is 22.1. The van der Waals surface area contributed by atoms with Crippen molar-refractivity contribution >= 4 is 52.9 Å². The van der Waals surface area contributed by atoms with Crippen LogP contribution in [0.5, 0.6) is 0 Å². The summed E-state index contributed by atoms with van der Waals surface area (Å²) < 4.78 is 0. The highest BCUT2D eigenvalue weighted by Crippen LogP contribution is 2.22. The third kappa shape index (κ3) is 8.42. The molecule has 206 valence electrons. The fourth-order valence-electron chi connectivity index (χ4n) is 3.72. The molecule has 0 atom stereocenters. The molecule has 0 aliphatic heterocycles. The van der Waals surface area contributed by atoms with Crippen LogP contribution >= 0.6 is 11.8 Å². The van der Waals surface area contributed by atoms with Gasteiger partial charge in [0.05, 0.1) is 11.3 Å². The van der Waals surface area contributed by atoms with Gasteiger partial charge in [-0.25, -0.2) is 4.79 Å². The highest BCUT2D eigenvalue weighted by molar-refractivity contribution is 8.00. The highest BCUT2D eigenvalue weighted by atomic mass is 32.2. The molecule has 0 bridgehead atoms. The fraction of sp³-hybridized carbons (Fsp3) is 0.0625. The van der Waals surface area contributed by atoms with Gasteiger partial charge in [-0.1, -0.05) is 54.6 Å². The summed E-state index contributed by atoms with van der Waals surface area (Å²) in [6, 6.07) is 29.3. The molecule has 0 aromatic heterocycles. The Labute approximate surface area is 241 Å². The molecule has 9 heteroatoms. The summed E-state index contributed by atoms with van der Waals surface area (Å²) in [4.78, 5) is 50.4. The van der Waals surface area contributed by atoms with Gasteiger partial charge < -0.3 is 21.1 Å². The number of carbonyl (C=O) groups is 4. The van der Waals surface area contributed by atoms with E-state index in [1.54, 1.807) is 73.7 Å². The van der Waals surface area contributed by atoms with Gasteiger partial charge in [0.1, 0.15) is 5.70 Å². The van der Waals surface area contributed by atoms with Crippen molar-refractivity contribution in [3.05, 3.63) is 131 Å². The van der Waals surface area contributed by atoms with E-state index in [4.69, 9.17) is 0 Å². The highest BCUT2D eigenvalue weighted by Gasteiger charge is 2.15. The Morgan fingerprint density at radius 3 is 2.10 bits per heavy atom. The van der Waals surface area contributed by atoms with Gasteiger partial charge in [0.25, 0.3) is 11.8 Å². The summed E-state index contributed by atoms with van der Waals surface area (Å²) in [5.74, 6) is -2.13. The van der Waals surface area contributed by atoms with E-state index in [-0.39, 0.29) is 22.9 Å². The van der Waals surface area contributed by atoms with Crippen molar-refractivity contribution in [2.75, 3.05) is 16.4 Å². The molecule has 0 heterocycles. The molecule has 0 fully saturated rings. The van der Waals surface area contributed by atoms with Gasteiger partial charge in [-0.05, 0) is 72.7 Å². The van der Waals surface area contributed by atoms with Crippen molar-refractivity contribution in [3.8, 4) is 0 Å². The van der Waals surface area contributed by atoms with E-state index in [9.17, 15) is 24.3 Å². The van der Waals surface area contributed by atoms with Crippen LogP contribution in [0.2, 0.25) is 0 Å². The zero-order chi connectivity index (χ0) is 29.2. The lowest BCUT2D eigenvalue weighted by Crippen LogP contribution is -2.30. The second-order valence-corrected chi connectivity index (χ2v) is 9.99. The van der Waals surface area contributed by atoms with Crippen LogP contribution in [0.3, 0.4) is 0 Å². The largest absolute Gasteiger partial charge is 0.478 e. The average Bonchev–Trinajstić information content (AvgIpc) is 2.98. The van der Waals surface area contributed by atoms with Crippen LogP contribution in [-0.2, 0) is 9.59 Å². The van der Waals surface area contributed by atoms with Gasteiger partial charge in [-0.3, -0.25) is 14.4 Å². The minimum atomic E-state index is -1.07. The van der Waals surface area contributed by atoms with E-state index < -0.39 is 17.8 Å². The Hall–Kier alpha value is -5.15. The van der Waals surface area contributed by atoms with Crippen LogP contribution < -0.4 is 16.0 Å². The Morgan fingerprint density at radius 1 is 0.780 bits per heavy atom. The molecule has 0 aliphatic rings. The van der Waals surface area contributed by atoms with Gasteiger partial charge in [-0.15, -0.1) is 11.8 Å². The first-order chi connectivity index (χ1) is 19.8. The van der Waals surface area contributed by atoms with Gasteiger partial charge in [0.15, 0.2) is 0 Å². The van der Waals surface area contributed by atoms with Crippen molar-refractivity contribution < 1.29 is 24.3 Å². The number of hydrogen-bond donors (Lipinski definition) is 4. The van der Waals surface area contributed by atoms with E-state index >= 15 is 0 Å². The summed E-state index contributed by atoms with van der Waals surface area (Å²) >= 11 is 1.30. The van der Waals surface area contributed by atoms with Crippen LogP contribution in [0, 0.1) is 6.92 Å². The molecule has 0 spiro atoms. The second kappa shape index (κ2) is 13.8. The maximum Gasteiger partial charge on any atom is 0.335 e. The third-order valence-corrected chi connectivity index (χ3v) is 6.89. The summed E-state index contributed by atoms with van der Waals surface area (Å²) in [6.07, 6.45) is 1.60. The maximum atomic E-state index is 13.2. The number of anilines is 2. The van der Waals surface area contributed by atoms with Crippen LogP contribution in [0.25, 0.3) is 6.08 Å². The van der Waals surface area contributed by atoms with E-state index in [1.165, 1.54) is 23.9 Å². The van der Waals surface area contributed by atoms with Crippen LogP contribution in [0.15, 0.2) is 114 Å². The monoisotopic (exact) mass is 565 g/mol. The molecular weight excluding hydrogens is 538 g/mol. The minimum absolute atomic E-state index is 0.0856. The molecule has 0 aliphatic carbocycles. The maximum absolute atomic E-state index is 13.2. The number of aromatic carboxylic acids is 1. The van der Waals surface area contributed by atoms with Crippen molar-refractivity contribution in [2.45, 2.75) is 11.8 Å². The lowest BCUT2D eigenvalue weighted by atomic mass is 10.1.